The van der Waals surface area contributed by atoms with Crippen LogP contribution in [0.15, 0.2) is 36.7 Å². The summed E-state index contributed by atoms with van der Waals surface area (Å²) in [6.07, 6.45) is 0.673. The molecule has 1 atom stereocenters. The lowest BCUT2D eigenvalue weighted by atomic mass is 9.90. The molecule has 2 aliphatic rings. The summed E-state index contributed by atoms with van der Waals surface area (Å²) in [6.45, 7) is 5.06. The number of halogens is 3. The van der Waals surface area contributed by atoms with Gasteiger partial charge < -0.3 is 18.6 Å². The Morgan fingerprint density at radius 2 is 2.06 bits per heavy atom. The van der Waals surface area contributed by atoms with E-state index < -0.39 is 17.7 Å². The van der Waals surface area contributed by atoms with Crippen molar-refractivity contribution < 1.29 is 32.2 Å². The van der Waals surface area contributed by atoms with Crippen LogP contribution in [0.3, 0.4) is 0 Å². The summed E-state index contributed by atoms with van der Waals surface area (Å²) >= 11 is 0. The Bertz CT molecular complexity index is 1230. The number of carbonyl (C=O) groups is 1. The molecule has 0 bridgehead atoms. The fourth-order valence-electron chi connectivity index (χ4n) is 4.31. The number of rotatable bonds is 8. The normalized spacial score (nSPS) is 19.6. The van der Waals surface area contributed by atoms with E-state index in [1.54, 1.807) is 12.3 Å². The number of Topliss-reactive ketones (excluding diaryl/α,β-unsaturated/α-hetero) is 1. The first-order valence-corrected chi connectivity index (χ1v) is 11.5. The van der Waals surface area contributed by atoms with Gasteiger partial charge in [-0.1, -0.05) is 13.0 Å². The number of ketones is 1. The molecule has 35 heavy (non-hydrogen) atoms. The second-order valence-corrected chi connectivity index (χ2v) is 9.69. The SMILES string of the molecule is CC1(COc2cc3nc(C[C@H]4CCOC4)cn3cc2CC(=O)c2cccc(C(F)(F)F)n2)COC1. The molecule has 0 aliphatic carbocycles. The number of hydrogen-bond acceptors (Lipinski definition) is 6. The van der Waals surface area contributed by atoms with Crippen LogP contribution in [-0.2, 0) is 28.5 Å². The van der Waals surface area contributed by atoms with Crippen molar-refractivity contribution in [1.29, 1.82) is 0 Å². The molecule has 0 radical (unpaired) electrons. The largest absolute Gasteiger partial charge is 0.492 e. The van der Waals surface area contributed by atoms with Gasteiger partial charge in [0.15, 0.2) is 5.78 Å². The van der Waals surface area contributed by atoms with Gasteiger partial charge in [-0.3, -0.25) is 4.79 Å². The van der Waals surface area contributed by atoms with E-state index in [2.05, 4.69) is 4.98 Å². The molecular formula is C25H26F3N3O4. The number of pyridine rings is 2. The summed E-state index contributed by atoms with van der Waals surface area (Å²) < 4.78 is 57.9. The van der Waals surface area contributed by atoms with Crippen molar-refractivity contribution in [2.75, 3.05) is 33.0 Å². The molecule has 0 saturated carbocycles. The van der Waals surface area contributed by atoms with E-state index in [1.807, 2.05) is 17.5 Å². The number of aromatic nitrogens is 3. The summed E-state index contributed by atoms with van der Waals surface area (Å²) in [7, 11) is 0. The zero-order valence-corrected chi connectivity index (χ0v) is 19.3. The predicted octanol–water partition coefficient (Wildman–Crippen LogP) is 4.17. The molecule has 0 amide bonds. The van der Waals surface area contributed by atoms with Gasteiger partial charge >= 0.3 is 6.18 Å². The van der Waals surface area contributed by atoms with E-state index in [-0.39, 0.29) is 17.5 Å². The summed E-state index contributed by atoms with van der Waals surface area (Å²) in [6, 6.07) is 5.11. The zero-order valence-electron chi connectivity index (χ0n) is 19.3. The van der Waals surface area contributed by atoms with Crippen molar-refractivity contribution in [2.45, 2.75) is 32.4 Å². The smallest absolute Gasteiger partial charge is 0.433 e. The summed E-state index contributed by atoms with van der Waals surface area (Å²) in [4.78, 5) is 21.2. The fraction of sp³-hybridized carbons (Fsp3) is 0.480. The maximum absolute atomic E-state index is 13.1. The third-order valence-corrected chi connectivity index (χ3v) is 6.36. The average molecular weight is 489 g/mol. The van der Waals surface area contributed by atoms with Gasteiger partial charge in [0.1, 0.15) is 22.8 Å². The Labute approximate surface area is 200 Å². The Morgan fingerprint density at radius 1 is 1.23 bits per heavy atom. The molecule has 186 valence electrons. The summed E-state index contributed by atoms with van der Waals surface area (Å²) in [5, 5.41) is 0. The quantitative estimate of drug-likeness (QED) is 0.443. The second kappa shape index (κ2) is 9.23. The lowest BCUT2D eigenvalue weighted by molar-refractivity contribution is -0.141. The van der Waals surface area contributed by atoms with Crippen LogP contribution >= 0.6 is 0 Å². The van der Waals surface area contributed by atoms with Crippen LogP contribution in [0.4, 0.5) is 13.2 Å². The molecule has 2 saturated heterocycles. The number of nitrogens with zero attached hydrogens (tertiary/aromatic N) is 3. The monoisotopic (exact) mass is 489 g/mol. The molecule has 3 aromatic rings. The molecule has 2 aliphatic heterocycles. The average Bonchev–Trinajstić information content (AvgIpc) is 3.45. The van der Waals surface area contributed by atoms with Crippen molar-refractivity contribution in [2.24, 2.45) is 11.3 Å². The summed E-state index contributed by atoms with van der Waals surface area (Å²) in [5.74, 6) is 0.372. The fourth-order valence-corrected chi connectivity index (χ4v) is 4.31. The number of fused-ring (bicyclic) bond motifs is 1. The van der Waals surface area contributed by atoms with Crippen molar-refractivity contribution in [1.82, 2.24) is 14.4 Å². The minimum Gasteiger partial charge on any atom is -0.492 e. The molecule has 7 nitrogen and oxygen atoms in total. The van der Waals surface area contributed by atoms with E-state index in [9.17, 15) is 18.0 Å². The maximum Gasteiger partial charge on any atom is 0.433 e. The molecule has 5 heterocycles. The summed E-state index contributed by atoms with van der Waals surface area (Å²) in [5.41, 5.74) is 0.685. The first kappa shape index (κ1) is 23.7. The van der Waals surface area contributed by atoms with Gasteiger partial charge in [-0.2, -0.15) is 13.2 Å². The van der Waals surface area contributed by atoms with Crippen molar-refractivity contribution in [3.63, 3.8) is 0 Å². The van der Waals surface area contributed by atoms with Gasteiger partial charge in [0.25, 0.3) is 0 Å². The number of carbonyl (C=O) groups excluding carboxylic acids is 1. The van der Waals surface area contributed by atoms with Crippen molar-refractivity contribution >= 4 is 11.4 Å². The molecule has 5 rings (SSSR count). The van der Waals surface area contributed by atoms with Crippen LogP contribution in [0, 0.1) is 11.3 Å². The molecule has 2 fully saturated rings. The number of imidazole rings is 1. The van der Waals surface area contributed by atoms with Crippen molar-refractivity contribution in [3.05, 3.63) is 59.3 Å². The van der Waals surface area contributed by atoms with Gasteiger partial charge in [-0.15, -0.1) is 0 Å². The third kappa shape index (κ3) is 5.33. The first-order chi connectivity index (χ1) is 16.7. The minimum absolute atomic E-state index is 0.126. The molecule has 10 heteroatoms. The molecule has 0 unspecified atom stereocenters. The van der Waals surface area contributed by atoms with Crippen LogP contribution in [0.2, 0.25) is 0 Å². The van der Waals surface area contributed by atoms with Crippen LogP contribution in [-0.4, -0.2) is 53.2 Å². The maximum atomic E-state index is 13.1. The predicted molar refractivity (Wildman–Crippen MR) is 120 cm³/mol. The lowest BCUT2D eigenvalue weighted by Crippen LogP contribution is -2.44. The van der Waals surface area contributed by atoms with E-state index >= 15 is 0 Å². The molecule has 0 N–H and O–H groups in total. The highest BCUT2D eigenvalue weighted by Gasteiger charge is 2.35. The zero-order chi connectivity index (χ0) is 24.6. The lowest BCUT2D eigenvalue weighted by Gasteiger charge is -2.37. The van der Waals surface area contributed by atoms with Gasteiger partial charge in [-0.05, 0) is 30.9 Å². The van der Waals surface area contributed by atoms with Crippen LogP contribution in [0.1, 0.15) is 40.8 Å². The van der Waals surface area contributed by atoms with E-state index in [0.29, 0.717) is 49.3 Å². The minimum atomic E-state index is -4.62. The van der Waals surface area contributed by atoms with E-state index in [0.717, 1.165) is 31.2 Å². The molecule has 0 spiro atoms. The third-order valence-electron chi connectivity index (χ3n) is 6.36. The molecular weight excluding hydrogens is 463 g/mol. The molecule has 3 aromatic heterocycles. The highest BCUT2D eigenvalue weighted by molar-refractivity contribution is 5.96. The standard InChI is InChI=1S/C25H26F3N3O4/c1-24(13-34-14-24)15-35-21-9-23-29-18(7-16-5-6-33-12-16)11-31(23)10-17(21)8-20(32)19-3-2-4-22(30-19)25(26,27)28/h2-4,9-11,16H,5-8,12-15H2,1H3/t16-/m1/s1. The van der Waals surface area contributed by atoms with Crippen LogP contribution in [0.25, 0.3) is 5.65 Å². The highest BCUT2D eigenvalue weighted by atomic mass is 19.4. The Balaban J connectivity index is 1.43. The van der Waals surface area contributed by atoms with Gasteiger partial charge in [0.05, 0.1) is 25.5 Å². The second-order valence-electron chi connectivity index (χ2n) is 9.69. The van der Waals surface area contributed by atoms with E-state index in [4.69, 9.17) is 19.2 Å². The topological polar surface area (TPSA) is 75.0 Å². The first-order valence-electron chi connectivity index (χ1n) is 11.5. The Hall–Kier alpha value is -2.98. The molecule has 0 aromatic carbocycles. The van der Waals surface area contributed by atoms with E-state index in [1.165, 1.54) is 12.1 Å². The number of ether oxygens (including phenoxy) is 3. The van der Waals surface area contributed by atoms with Gasteiger partial charge in [0.2, 0.25) is 0 Å². The van der Waals surface area contributed by atoms with Crippen molar-refractivity contribution in [3.8, 4) is 5.75 Å². The number of hydrogen-bond donors (Lipinski definition) is 0. The van der Waals surface area contributed by atoms with Gasteiger partial charge in [0, 0.05) is 49.1 Å². The van der Waals surface area contributed by atoms with Gasteiger partial charge in [-0.25, -0.2) is 9.97 Å². The Kier molecular flexibility index (Phi) is 6.27. The number of alkyl halides is 3. The Morgan fingerprint density at radius 3 is 2.74 bits per heavy atom. The van der Waals surface area contributed by atoms with Crippen LogP contribution in [0.5, 0.6) is 5.75 Å². The van der Waals surface area contributed by atoms with Crippen LogP contribution < -0.4 is 4.74 Å². The highest BCUT2D eigenvalue weighted by Crippen LogP contribution is 2.31.